The second kappa shape index (κ2) is 5.29. The van der Waals surface area contributed by atoms with Gasteiger partial charge in [0.1, 0.15) is 0 Å². The maximum atomic E-state index is 11.8. The maximum absolute atomic E-state index is 11.8. The van der Waals surface area contributed by atoms with Crippen LogP contribution >= 0.6 is 0 Å². The molecule has 17 heavy (non-hydrogen) atoms. The third-order valence-electron chi connectivity index (χ3n) is 2.26. The van der Waals surface area contributed by atoms with Gasteiger partial charge in [-0.3, -0.25) is 0 Å². The number of hydrogen-bond acceptors (Lipinski definition) is 4. The Bertz CT molecular complexity index is 481. The summed E-state index contributed by atoms with van der Waals surface area (Å²) >= 11 is 0. The number of carbonyl (C=O) groups is 1. The predicted octanol–water partition coefficient (Wildman–Crippen LogP) is -0.261. The minimum absolute atomic E-state index is 0.0342. The molecule has 0 heterocycles. The Morgan fingerprint density at radius 2 is 1.76 bits per heavy atom. The third kappa shape index (κ3) is 3.54. The predicted molar refractivity (Wildman–Crippen MR) is 60.4 cm³/mol. The van der Waals surface area contributed by atoms with Gasteiger partial charge < -0.3 is 9.90 Å². The summed E-state index contributed by atoms with van der Waals surface area (Å²) in [5.41, 5.74) is 0. The van der Waals surface area contributed by atoms with E-state index in [-0.39, 0.29) is 4.90 Å². The lowest BCUT2D eigenvalue weighted by Gasteiger charge is -2.22. The molecule has 0 saturated heterocycles. The summed E-state index contributed by atoms with van der Waals surface area (Å²) < 4.78 is 25.8. The monoisotopic (exact) mass is 256 g/mol. The van der Waals surface area contributed by atoms with Gasteiger partial charge >= 0.3 is 0 Å². The summed E-state index contributed by atoms with van der Waals surface area (Å²) in [6, 6.07) is 6.37. The van der Waals surface area contributed by atoms with Gasteiger partial charge in [0.05, 0.1) is 16.9 Å². The summed E-state index contributed by atoms with van der Waals surface area (Å²) in [5.74, 6) is -1.82. The van der Waals surface area contributed by atoms with Crippen LogP contribution in [0.2, 0.25) is 0 Å². The summed E-state index contributed by atoms with van der Waals surface area (Å²) in [7, 11) is -3.82. The lowest BCUT2D eigenvalue weighted by atomic mass is 10.1. The lowest BCUT2D eigenvalue weighted by Crippen LogP contribution is -2.50. The van der Waals surface area contributed by atoms with Crippen LogP contribution < -0.4 is 9.83 Å². The van der Waals surface area contributed by atoms with Crippen LogP contribution in [-0.2, 0) is 14.8 Å². The van der Waals surface area contributed by atoms with Crippen molar-refractivity contribution in [1.82, 2.24) is 4.72 Å². The fourth-order valence-electron chi connectivity index (χ4n) is 1.29. The SMILES string of the molecule is CC(C)[C@H](NS(=O)(=O)c1ccccc1)C(=O)[O-]. The van der Waals surface area contributed by atoms with E-state index in [0.717, 1.165) is 0 Å². The molecule has 0 fully saturated rings. The molecule has 0 radical (unpaired) electrons. The number of rotatable bonds is 5. The number of hydrogen-bond donors (Lipinski definition) is 1. The molecule has 1 atom stereocenters. The lowest BCUT2D eigenvalue weighted by molar-refractivity contribution is -0.309. The second-order valence-corrected chi connectivity index (χ2v) is 5.69. The van der Waals surface area contributed by atoms with Crippen LogP contribution in [0.15, 0.2) is 35.2 Å². The van der Waals surface area contributed by atoms with Crippen molar-refractivity contribution < 1.29 is 18.3 Å². The summed E-state index contributed by atoms with van der Waals surface area (Å²) in [6.07, 6.45) is 0. The van der Waals surface area contributed by atoms with Crippen LogP contribution in [0.5, 0.6) is 0 Å². The molecule has 5 nitrogen and oxygen atoms in total. The number of sulfonamides is 1. The number of carboxylic acids is 1. The third-order valence-corrected chi connectivity index (χ3v) is 3.71. The van der Waals surface area contributed by atoms with Gasteiger partial charge in [-0.2, -0.15) is 0 Å². The molecule has 1 rings (SSSR count). The highest BCUT2D eigenvalue weighted by Gasteiger charge is 2.22. The quantitative estimate of drug-likeness (QED) is 0.786. The van der Waals surface area contributed by atoms with E-state index in [0.29, 0.717) is 0 Å². The van der Waals surface area contributed by atoms with Gasteiger partial charge in [-0.25, -0.2) is 13.1 Å². The Kier molecular flexibility index (Phi) is 4.25. The molecule has 0 aliphatic rings. The first kappa shape index (κ1) is 13.7. The number of carbonyl (C=O) groups excluding carboxylic acids is 1. The Labute approximate surface area is 101 Å². The molecule has 0 saturated carbocycles. The van der Waals surface area contributed by atoms with E-state index < -0.39 is 28.0 Å². The largest absolute Gasteiger partial charge is 0.548 e. The molecule has 1 aromatic rings. The average Bonchev–Trinajstić information content (AvgIpc) is 2.26. The first-order valence-corrected chi connectivity index (χ1v) is 6.61. The highest BCUT2D eigenvalue weighted by Crippen LogP contribution is 2.10. The van der Waals surface area contributed by atoms with Crippen LogP contribution in [-0.4, -0.2) is 20.4 Å². The van der Waals surface area contributed by atoms with E-state index in [9.17, 15) is 18.3 Å². The van der Waals surface area contributed by atoms with E-state index in [2.05, 4.69) is 4.72 Å². The Hall–Kier alpha value is -1.40. The van der Waals surface area contributed by atoms with Crippen LogP contribution in [0.25, 0.3) is 0 Å². The minimum atomic E-state index is -3.82. The molecule has 0 aliphatic carbocycles. The maximum Gasteiger partial charge on any atom is 0.241 e. The standard InChI is InChI=1S/C11H15NO4S/c1-8(2)10(11(13)14)12-17(15,16)9-6-4-3-5-7-9/h3-8,10,12H,1-2H3,(H,13,14)/p-1/t10-/m0/s1. The van der Waals surface area contributed by atoms with Gasteiger partial charge in [0.2, 0.25) is 10.0 Å². The van der Waals surface area contributed by atoms with Crippen molar-refractivity contribution >= 4 is 16.0 Å². The molecule has 0 aromatic heterocycles. The van der Waals surface area contributed by atoms with Crippen molar-refractivity contribution in [3.05, 3.63) is 30.3 Å². The zero-order valence-electron chi connectivity index (χ0n) is 9.58. The highest BCUT2D eigenvalue weighted by atomic mass is 32.2. The van der Waals surface area contributed by atoms with Crippen LogP contribution in [0.4, 0.5) is 0 Å². The molecule has 0 unspecified atom stereocenters. The van der Waals surface area contributed by atoms with E-state index in [1.165, 1.54) is 12.1 Å². The average molecular weight is 256 g/mol. The van der Waals surface area contributed by atoms with Crippen LogP contribution in [0.1, 0.15) is 13.8 Å². The van der Waals surface area contributed by atoms with E-state index in [1.54, 1.807) is 32.0 Å². The van der Waals surface area contributed by atoms with Crippen molar-refractivity contribution in [2.45, 2.75) is 24.8 Å². The summed E-state index contributed by atoms with van der Waals surface area (Å²) in [5, 5.41) is 10.8. The zero-order valence-corrected chi connectivity index (χ0v) is 10.4. The van der Waals surface area contributed by atoms with Gasteiger partial charge in [0.25, 0.3) is 0 Å². The molecular formula is C11H14NO4S-. The van der Waals surface area contributed by atoms with Crippen LogP contribution in [0, 0.1) is 5.92 Å². The Balaban J connectivity index is 2.97. The molecule has 0 aliphatic heterocycles. The van der Waals surface area contributed by atoms with Crippen molar-refractivity contribution in [3.63, 3.8) is 0 Å². The molecule has 1 aromatic carbocycles. The summed E-state index contributed by atoms with van der Waals surface area (Å²) in [4.78, 5) is 10.8. The van der Waals surface area contributed by atoms with Gasteiger partial charge in [0.15, 0.2) is 0 Å². The Morgan fingerprint density at radius 3 is 2.18 bits per heavy atom. The van der Waals surface area contributed by atoms with E-state index in [4.69, 9.17) is 0 Å². The number of nitrogens with one attached hydrogen (secondary N) is 1. The molecule has 0 bridgehead atoms. The topological polar surface area (TPSA) is 86.3 Å². The molecule has 1 N–H and O–H groups in total. The van der Waals surface area contributed by atoms with Crippen molar-refractivity contribution in [2.75, 3.05) is 0 Å². The van der Waals surface area contributed by atoms with Gasteiger partial charge in [-0.1, -0.05) is 32.0 Å². The van der Waals surface area contributed by atoms with Gasteiger partial charge in [0, 0.05) is 0 Å². The second-order valence-electron chi connectivity index (χ2n) is 3.98. The summed E-state index contributed by atoms with van der Waals surface area (Å²) in [6.45, 7) is 3.21. The van der Waals surface area contributed by atoms with Crippen LogP contribution in [0.3, 0.4) is 0 Å². The van der Waals surface area contributed by atoms with Gasteiger partial charge in [-0.15, -0.1) is 0 Å². The molecule has 0 amide bonds. The smallest absolute Gasteiger partial charge is 0.241 e. The van der Waals surface area contributed by atoms with Crippen molar-refractivity contribution in [3.8, 4) is 0 Å². The number of benzene rings is 1. The molecule has 94 valence electrons. The first-order valence-electron chi connectivity index (χ1n) is 5.13. The van der Waals surface area contributed by atoms with E-state index in [1.807, 2.05) is 0 Å². The number of aliphatic carboxylic acids is 1. The Morgan fingerprint density at radius 1 is 1.24 bits per heavy atom. The molecule has 0 spiro atoms. The van der Waals surface area contributed by atoms with Gasteiger partial charge in [-0.05, 0) is 18.1 Å². The number of carboxylic acid groups (broad SMARTS) is 1. The minimum Gasteiger partial charge on any atom is -0.548 e. The molecular weight excluding hydrogens is 242 g/mol. The fraction of sp³-hybridized carbons (Fsp3) is 0.364. The van der Waals surface area contributed by atoms with E-state index >= 15 is 0 Å². The van der Waals surface area contributed by atoms with Crippen molar-refractivity contribution in [1.29, 1.82) is 0 Å². The molecule has 6 heteroatoms. The van der Waals surface area contributed by atoms with Crippen molar-refractivity contribution in [2.24, 2.45) is 5.92 Å². The fourth-order valence-corrected chi connectivity index (χ4v) is 2.65. The normalized spacial score (nSPS) is 13.6. The first-order chi connectivity index (χ1) is 7.84. The zero-order chi connectivity index (χ0) is 13.1. The highest BCUT2D eigenvalue weighted by molar-refractivity contribution is 7.89.